The number of anilines is 1. The molecule has 0 N–H and O–H groups in total. The molecule has 3 heteroatoms. The first-order valence-electron chi connectivity index (χ1n) is 6.44. The first-order valence-corrected chi connectivity index (χ1v) is 6.44. The zero-order chi connectivity index (χ0) is 13.7. The van der Waals surface area contributed by atoms with Gasteiger partial charge in [0.2, 0.25) is 5.91 Å². The third-order valence-electron chi connectivity index (χ3n) is 3.02. The third kappa shape index (κ3) is 4.15. The molecule has 0 saturated heterocycles. The predicted molar refractivity (Wildman–Crippen MR) is 77.1 cm³/mol. The van der Waals surface area contributed by atoms with Crippen LogP contribution in [0.5, 0.6) is 0 Å². The number of hydrogen-bond acceptors (Lipinski definition) is 2. The molecule has 18 heavy (non-hydrogen) atoms. The van der Waals surface area contributed by atoms with Crippen LogP contribution in [0.3, 0.4) is 0 Å². The van der Waals surface area contributed by atoms with E-state index in [2.05, 4.69) is 30.9 Å². The second-order valence-electron chi connectivity index (χ2n) is 5.22. The number of hydrogen-bond donors (Lipinski definition) is 0. The van der Waals surface area contributed by atoms with Crippen molar-refractivity contribution >= 4 is 11.6 Å². The van der Waals surface area contributed by atoms with Gasteiger partial charge in [0.15, 0.2) is 0 Å². The molecule has 1 amide bonds. The Morgan fingerprint density at radius 1 is 1.11 bits per heavy atom. The Morgan fingerprint density at radius 2 is 1.67 bits per heavy atom. The van der Waals surface area contributed by atoms with E-state index in [1.54, 1.807) is 6.92 Å². The van der Waals surface area contributed by atoms with E-state index >= 15 is 0 Å². The van der Waals surface area contributed by atoms with Crippen molar-refractivity contribution in [1.82, 2.24) is 4.90 Å². The van der Waals surface area contributed by atoms with Gasteiger partial charge in [0.25, 0.3) is 0 Å². The molecule has 0 saturated carbocycles. The number of amides is 1. The first kappa shape index (κ1) is 14.7. The summed E-state index contributed by atoms with van der Waals surface area (Å²) in [6.07, 6.45) is 0. The highest BCUT2D eigenvalue weighted by atomic mass is 16.2. The maximum Gasteiger partial charge on any atom is 0.223 e. The summed E-state index contributed by atoms with van der Waals surface area (Å²) in [5.74, 6) is 0.612. The summed E-state index contributed by atoms with van der Waals surface area (Å²) in [5.41, 5.74) is 2.28. The summed E-state index contributed by atoms with van der Waals surface area (Å²) in [4.78, 5) is 15.6. The van der Waals surface area contributed by atoms with Gasteiger partial charge in [-0.15, -0.1) is 0 Å². The Balaban J connectivity index is 2.82. The van der Waals surface area contributed by atoms with E-state index in [4.69, 9.17) is 0 Å². The molecule has 0 radical (unpaired) electrons. The lowest BCUT2D eigenvalue weighted by Gasteiger charge is -2.23. The Labute approximate surface area is 110 Å². The van der Waals surface area contributed by atoms with Gasteiger partial charge in [-0.1, -0.05) is 26.0 Å². The number of rotatable bonds is 5. The second-order valence-corrected chi connectivity index (χ2v) is 5.22. The Kier molecular flexibility index (Phi) is 5.35. The topological polar surface area (TPSA) is 23.6 Å². The number of carbonyl (C=O) groups is 1. The van der Waals surface area contributed by atoms with Crippen LogP contribution in [0.15, 0.2) is 24.3 Å². The molecule has 0 aliphatic heterocycles. The fourth-order valence-corrected chi connectivity index (χ4v) is 1.81. The van der Waals surface area contributed by atoms with E-state index in [0.717, 1.165) is 18.8 Å². The van der Waals surface area contributed by atoms with Crippen LogP contribution in [0.4, 0.5) is 5.69 Å². The van der Waals surface area contributed by atoms with E-state index in [1.165, 1.54) is 5.56 Å². The van der Waals surface area contributed by atoms with Crippen LogP contribution < -0.4 is 4.90 Å². The van der Waals surface area contributed by atoms with Crippen LogP contribution in [0, 0.1) is 0 Å². The van der Waals surface area contributed by atoms with E-state index in [1.807, 2.05) is 31.1 Å². The van der Waals surface area contributed by atoms with Gasteiger partial charge >= 0.3 is 0 Å². The van der Waals surface area contributed by atoms with Crippen LogP contribution in [-0.2, 0) is 4.79 Å². The maximum atomic E-state index is 11.7. The summed E-state index contributed by atoms with van der Waals surface area (Å²) in [6, 6.07) is 8.27. The van der Waals surface area contributed by atoms with Gasteiger partial charge in [-0.2, -0.15) is 0 Å². The van der Waals surface area contributed by atoms with Gasteiger partial charge in [0.05, 0.1) is 0 Å². The molecular weight excluding hydrogens is 224 g/mol. The highest BCUT2D eigenvalue weighted by Crippen LogP contribution is 2.20. The average Bonchev–Trinajstić information content (AvgIpc) is 2.29. The van der Waals surface area contributed by atoms with Crippen molar-refractivity contribution in [3.05, 3.63) is 29.8 Å². The van der Waals surface area contributed by atoms with Crippen molar-refractivity contribution < 1.29 is 4.79 Å². The normalized spacial score (nSPS) is 11.1. The number of benzene rings is 1. The Bertz CT molecular complexity index is 382. The molecule has 1 aromatic rings. The van der Waals surface area contributed by atoms with E-state index in [0.29, 0.717) is 5.92 Å². The molecule has 100 valence electrons. The fraction of sp³-hybridized carbons (Fsp3) is 0.533. The molecule has 0 atom stereocenters. The number of nitrogens with zero attached hydrogens (tertiary/aromatic N) is 2. The molecule has 0 heterocycles. The minimum Gasteiger partial charge on any atom is -0.311 e. The summed E-state index contributed by atoms with van der Waals surface area (Å²) in [7, 11) is 4.03. The molecule has 0 aliphatic carbocycles. The van der Waals surface area contributed by atoms with Gasteiger partial charge in [-0.3, -0.25) is 4.79 Å². The van der Waals surface area contributed by atoms with Gasteiger partial charge in [-0.25, -0.2) is 0 Å². The zero-order valence-corrected chi connectivity index (χ0v) is 12.1. The van der Waals surface area contributed by atoms with E-state index in [9.17, 15) is 4.79 Å². The molecule has 0 aromatic heterocycles. The molecule has 0 bridgehead atoms. The zero-order valence-electron chi connectivity index (χ0n) is 12.1. The fourth-order valence-electron chi connectivity index (χ4n) is 1.81. The first-order chi connectivity index (χ1) is 8.41. The quantitative estimate of drug-likeness (QED) is 0.800. The minimum absolute atomic E-state index is 0.0918. The average molecular weight is 248 g/mol. The summed E-state index contributed by atoms with van der Waals surface area (Å²) < 4.78 is 0. The molecular formula is C15H24N2O. The minimum atomic E-state index is 0.0918. The molecule has 0 aliphatic rings. The highest BCUT2D eigenvalue weighted by molar-refractivity contribution is 5.91. The van der Waals surface area contributed by atoms with Gasteiger partial charge < -0.3 is 9.80 Å². The third-order valence-corrected chi connectivity index (χ3v) is 3.02. The number of likely N-dealkylation sites (N-methyl/N-ethyl adjacent to an activating group) is 1. The van der Waals surface area contributed by atoms with Crippen molar-refractivity contribution in [3.63, 3.8) is 0 Å². The van der Waals surface area contributed by atoms with Crippen LogP contribution >= 0.6 is 0 Å². The lowest BCUT2D eigenvalue weighted by atomic mass is 10.0. The van der Waals surface area contributed by atoms with Gasteiger partial charge in [0, 0.05) is 25.7 Å². The summed E-state index contributed by atoms with van der Waals surface area (Å²) in [6.45, 7) is 7.55. The standard InChI is InChI=1S/C15H24N2O/c1-12(2)14-6-8-15(9-7-14)17(13(3)18)11-10-16(4)5/h6-9,12H,10-11H2,1-5H3. The van der Waals surface area contributed by atoms with Crippen LogP contribution in [0.1, 0.15) is 32.3 Å². The van der Waals surface area contributed by atoms with Crippen molar-refractivity contribution in [2.24, 2.45) is 0 Å². The smallest absolute Gasteiger partial charge is 0.223 e. The molecule has 0 fully saturated rings. The summed E-state index contributed by atoms with van der Waals surface area (Å²) in [5, 5.41) is 0. The van der Waals surface area contributed by atoms with Crippen LogP contribution in [0.25, 0.3) is 0 Å². The van der Waals surface area contributed by atoms with Crippen molar-refractivity contribution in [3.8, 4) is 0 Å². The van der Waals surface area contributed by atoms with E-state index in [-0.39, 0.29) is 5.91 Å². The maximum absolute atomic E-state index is 11.7. The second kappa shape index (κ2) is 6.55. The molecule has 0 spiro atoms. The molecule has 1 aromatic carbocycles. The van der Waals surface area contributed by atoms with Crippen molar-refractivity contribution in [1.29, 1.82) is 0 Å². The van der Waals surface area contributed by atoms with E-state index < -0.39 is 0 Å². The number of carbonyl (C=O) groups excluding carboxylic acids is 1. The molecule has 1 rings (SSSR count). The van der Waals surface area contributed by atoms with Gasteiger partial charge in [0.1, 0.15) is 0 Å². The predicted octanol–water partition coefficient (Wildman–Crippen LogP) is 2.72. The van der Waals surface area contributed by atoms with Gasteiger partial charge in [-0.05, 0) is 37.7 Å². The monoisotopic (exact) mass is 248 g/mol. The lowest BCUT2D eigenvalue weighted by molar-refractivity contribution is -0.116. The Morgan fingerprint density at radius 3 is 2.06 bits per heavy atom. The van der Waals surface area contributed by atoms with Crippen LogP contribution in [0.2, 0.25) is 0 Å². The molecule has 0 unspecified atom stereocenters. The highest BCUT2D eigenvalue weighted by Gasteiger charge is 2.11. The summed E-state index contributed by atoms with van der Waals surface area (Å²) >= 11 is 0. The molecule has 3 nitrogen and oxygen atoms in total. The lowest BCUT2D eigenvalue weighted by Crippen LogP contribution is -2.35. The SMILES string of the molecule is CC(=O)N(CCN(C)C)c1ccc(C(C)C)cc1. The largest absolute Gasteiger partial charge is 0.311 e. The van der Waals surface area contributed by atoms with Crippen LogP contribution in [-0.4, -0.2) is 38.0 Å². The van der Waals surface area contributed by atoms with Crippen molar-refractivity contribution in [2.75, 3.05) is 32.1 Å². The Hall–Kier alpha value is -1.35. The van der Waals surface area contributed by atoms with Crippen molar-refractivity contribution in [2.45, 2.75) is 26.7 Å².